The second-order valence-corrected chi connectivity index (χ2v) is 8.13. The van der Waals surface area contributed by atoms with Crippen molar-refractivity contribution >= 4 is 57.4 Å². The fraction of sp³-hybridized carbons (Fsp3) is 0.250. The van der Waals surface area contributed by atoms with E-state index in [4.69, 9.17) is 12.2 Å². The molecule has 2 amide bonds. The number of halogens is 1. The van der Waals surface area contributed by atoms with E-state index in [1.807, 2.05) is 23.1 Å². The summed E-state index contributed by atoms with van der Waals surface area (Å²) in [5.41, 5.74) is 1.82. The number of rotatable bonds is 3. The summed E-state index contributed by atoms with van der Waals surface area (Å²) in [5.74, 6) is -0.266. The fourth-order valence-corrected chi connectivity index (χ4v) is 3.74. The van der Waals surface area contributed by atoms with E-state index in [-0.39, 0.29) is 16.9 Å². The standard InChI is InChI=1S/C20H21IN4O2S/c1-24-9-11-25(12-10-24)19(27)14-5-4-6-15(13-14)22-20(28)23-18(26)16-7-2-3-8-17(16)21/h2-8,13H,9-12H2,1H3,(H2,22,23,26,28). The molecule has 0 bridgehead atoms. The number of thiocarbonyl (C=S) groups is 1. The molecule has 1 saturated heterocycles. The minimum absolute atomic E-state index is 0.00513. The normalized spacial score (nSPS) is 14.4. The van der Waals surface area contributed by atoms with E-state index in [2.05, 4.69) is 45.2 Å². The number of nitrogens with one attached hydrogen (secondary N) is 2. The van der Waals surface area contributed by atoms with Gasteiger partial charge in [-0.2, -0.15) is 0 Å². The van der Waals surface area contributed by atoms with Crippen molar-refractivity contribution in [3.63, 3.8) is 0 Å². The molecule has 0 unspecified atom stereocenters. The first-order valence-electron chi connectivity index (χ1n) is 8.89. The molecular weight excluding hydrogens is 487 g/mol. The van der Waals surface area contributed by atoms with E-state index in [0.29, 0.717) is 16.8 Å². The van der Waals surface area contributed by atoms with Crippen molar-refractivity contribution in [2.45, 2.75) is 0 Å². The van der Waals surface area contributed by atoms with Gasteiger partial charge in [0.25, 0.3) is 11.8 Å². The van der Waals surface area contributed by atoms with Crippen LogP contribution >= 0.6 is 34.8 Å². The van der Waals surface area contributed by atoms with E-state index in [1.54, 1.807) is 30.3 Å². The molecular formula is C20H21IN4O2S. The smallest absolute Gasteiger partial charge is 0.258 e. The number of amides is 2. The molecule has 0 spiro atoms. The SMILES string of the molecule is CN1CCN(C(=O)c2cccc(NC(=S)NC(=O)c3ccccc3I)c2)CC1. The molecule has 146 valence electrons. The van der Waals surface area contributed by atoms with Crippen molar-refractivity contribution in [1.29, 1.82) is 0 Å². The number of anilines is 1. The van der Waals surface area contributed by atoms with Gasteiger partial charge in [0, 0.05) is 41.0 Å². The Morgan fingerprint density at radius 1 is 1.04 bits per heavy atom. The molecule has 1 aliphatic rings. The van der Waals surface area contributed by atoms with Gasteiger partial charge in [-0.25, -0.2) is 0 Å². The second kappa shape index (κ2) is 9.44. The predicted molar refractivity (Wildman–Crippen MR) is 123 cm³/mol. The Morgan fingerprint density at radius 3 is 2.46 bits per heavy atom. The van der Waals surface area contributed by atoms with Crippen LogP contribution in [0.5, 0.6) is 0 Å². The maximum absolute atomic E-state index is 12.7. The highest BCUT2D eigenvalue weighted by Crippen LogP contribution is 2.15. The van der Waals surface area contributed by atoms with E-state index in [9.17, 15) is 9.59 Å². The third-order valence-corrected chi connectivity index (χ3v) is 5.65. The molecule has 28 heavy (non-hydrogen) atoms. The first-order chi connectivity index (χ1) is 13.4. The van der Waals surface area contributed by atoms with Crippen LogP contribution in [0.15, 0.2) is 48.5 Å². The van der Waals surface area contributed by atoms with Crippen LogP contribution in [0.1, 0.15) is 20.7 Å². The molecule has 2 aromatic carbocycles. The molecule has 3 rings (SSSR count). The van der Waals surface area contributed by atoms with Gasteiger partial charge in [-0.1, -0.05) is 18.2 Å². The Balaban J connectivity index is 1.62. The van der Waals surface area contributed by atoms with Crippen molar-refractivity contribution in [3.05, 3.63) is 63.2 Å². The van der Waals surface area contributed by atoms with Gasteiger partial charge in [-0.3, -0.25) is 14.9 Å². The van der Waals surface area contributed by atoms with Crippen LogP contribution in [0.4, 0.5) is 5.69 Å². The largest absolute Gasteiger partial charge is 0.336 e. The van der Waals surface area contributed by atoms with E-state index in [0.717, 1.165) is 29.7 Å². The van der Waals surface area contributed by atoms with Crippen molar-refractivity contribution in [2.75, 3.05) is 38.5 Å². The van der Waals surface area contributed by atoms with Crippen LogP contribution in [-0.2, 0) is 0 Å². The number of likely N-dealkylation sites (N-methyl/N-ethyl adjacent to an activating group) is 1. The molecule has 0 radical (unpaired) electrons. The summed E-state index contributed by atoms with van der Waals surface area (Å²) in [7, 11) is 2.05. The first-order valence-corrected chi connectivity index (χ1v) is 10.4. The van der Waals surface area contributed by atoms with E-state index >= 15 is 0 Å². The zero-order valence-corrected chi connectivity index (χ0v) is 18.4. The second-order valence-electron chi connectivity index (χ2n) is 6.56. The molecule has 6 nitrogen and oxygen atoms in total. The van der Waals surface area contributed by atoms with Gasteiger partial charge in [0.15, 0.2) is 5.11 Å². The van der Waals surface area contributed by atoms with Gasteiger partial charge in [-0.05, 0) is 72.2 Å². The van der Waals surface area contributed by atoms with Gasteiger partial charge < -0.3 is 15.1 Å². The minimum Gasteiger partial charge on any atom is -0.336 e. The minimum atomic E-state index is -0.271. The predicted octanol–water partition coefficient (Wildman–Crippen LogP) is 2.81. The Morgan fingerprint density at radius 2 is 1.75 bits per heavy atom. The van der Waals surface area contributed by atoms with Gasteiger partial charge in [-0.15, -0.1) is 0 Å². The molecule has 2 aromatic rings. The Kier molecular flexibility index (Phi) is 6.97. The average molecular weight is 508 g/mol. The van der Waals surface area contributed by atoms with Gasteiger partial charge in [0.1, 0.15) is 0 Å². The van der Waals surface area contributed by atoms with Crippen LogP contribution in [0.25, 0.3) is 0 Å². The Bertz CT molecular complexity index is 897. The number of benzene rings is 2. The number of carbonyl (C=O) groups excluding carboxylic acids is 2. The summed E-state index contributed by atoms with van der Waals surface area (Å²) in [4.78, 5) is 29.1. The zero-order chi connectivity index (χ0) is 20.1. The third-order valence-electron chi connectivity index (χ3n) is 4.50. The number of hydrogen-bond donors (Lipinski definition) is 2. The molecule has 1 aliphatic heterocycles. The first kappa shape index (κ1) is 20.7. The highest BCUT2D eigenvalue weighted by atomic mass is 127. The summed E-state index contributed by atoms with van der Waals surface area (Å²) in [6.07, 6.45) is 0. The molecule has 1 fully saturated rings. The lowest BCUT2D eigenvalue weighted by molar-refractivity contribution is 0.0664. The lowest BCUT2D eigenvalue weighted by Gasteiger charge is -2.32. The summed E-state index contributed by atoms with van der Waals surface area (Å²) >= 11 is 7.37. The highest BCUT2D eigenvalue weighted by molar-refractivity contribution is 14.1. The van der Waals surface area contributed by atoms with Gasteiger partial charge in [0.05, 0.1) is 5.56 Å². The molecule has 2 N–H and O–H groups in total. The van der Waals surface area contributed by atoms with Crippen LogP contribution in [0.2, 0.25) is 0 Å². The van der Waals surface area contributed by atoms with Crippen molar-refractivity contribution in [3.8, 4) is 0 Å². The van der Waals surface area contributed by atoms with Crippen LogP contribution in [-0.4, -0.2) is 60.0 Å². The Hall–Kier alpha value is -2.04. The van der Waals surface area contributed by atoms with Crippen molar-refractivity contribution in [2.24, 2.45) is 0 Å². The maximum Gasteiger partial charge on any atom is 0.258 e. The van der Waals surface area contributed by atoms with Crippen LogP contribution < -0.4 is 10.6 Å². The Labute approximate surface area is 183 Å². The van der Waals surface area contributed by atoms with E-state index < -0.39 is 0 Å². The highest BCUT2D eigenvalue weighted by Gasteiger charge is 2.20. The monoisotopic (exact) mass is 508 g/mol. The van der Waals surface area contributed by atoms with Gasteiger partial charge in [0.2, 0.25) is 0 Å². The summed E-state index contributed by atoms with van der Waals surface area (Å²) in [6, 6.07) is 14.4. The summed E-state index contributed by atoms with van der Waals surface area (Å²) in [5, 5.41) is 5.85. The molecule has 0 atom stereocenters. The van der Waals surface area contributed by atoms with Gasteiger partial charge >= 0.3 is 0 Å². The zero-order valence-electron chi connectivity index (χ0n) is 15.4. The van der Waals surface area contributed by atoms with Crippen LogP contribution in [0.3, 0.4) is 0 Å². The van der Waals surface area contributed by atoms with Crippen molar-refractivity contribution in [1.82, 2.24) is 15.1 Å². The van der Waals surface area contributed by atoms with Crippen molar-refractivity contribution < 1.29 is 9.59 Å². The van der Waals surface area contributed by atoms with E-state index in [1.165, 1.54) is 0 Å². The number of carbonyl (C=O) groups is 2. The molecule has 8 heteroatoms. The third kappa shape index (κ3) is 5.27. The molecule has 0 aromatic heterocycles. The quantitative estimate of drug-likeness (QED) is 0.494. The topological polar surface area (TPSA) is 64.7 Å². The molecule has 0 aliphatic carbocycles. The maximum atomic E-state index is 12.7. The molecule has 1 heterocycles. The number of piperazine rings is 1. The average Bonchev–Trinajstić information content (AvgIpc) is 2.68. The lowest BCUT2D eigenvalue weighted by atomic mass is 10.1. The number of hydrogen-bond acceptors (Lipinski definition) is 4. The fourth-order valence-electron chi connectivity index (χ4n) is 2.90. The molecule has 0 saturated carbocycles. The summed E-state index contributed by atoms with van der Waals surface area (Å²) in [6.45, 7) is 3.19. The lowest BCUT2D eigenvalue weighted by Crippen LogP contribution is -2.47. The summed E-state index contributed by atoms with van der Waals surface area (Å²) < 4.78 is 0.847. The number of nitrogens with zero attached hydrogens (tertiary/aromatic N) is 2. The van der Waals surface area contributed by atoms with Crippen LogP contribution in [0, 0.1) is 3.57 Å².